The summed E-state index contributed by atoms with van der Waals surface area (Å²) in [5.41, 5.74) is 0.0145. The molecule has 10 heteroatoms. The lowest BCUT2D eigenvalue weighted by Crippen LogP contribution is -2.11. The van der Waals surface area contributed by atoms with E-state index in [1.165, 1.54) is 12.1 Å². The van der Waals surface area contributed by atoms with E-state index in [0.29, 0.717) is 25.5 Å². The molecular formula is C14H17N5O4S. The molecule has 128 valence electrons. The Hall–Kier alpha value is -2.75. The SMILES string of the molecule is CS(=O)(=O)c1ccc(NCCCNc2ncccn2)c([N+](=O)[O-])c1. The van der Waals surface area contributed by atoms with Crippen molar-refractivity contribution in [2.75, 3.05) is 30.0 Å². The van der Waals surface area contributed by atoms with E-state index >= 15 is 0 Å². The van der Waals surface area contributed by atoms with Gasteiger partial charge in [-0.05, 0) is 24.6 Å². The van der Waals surface area contributed by atoms with E-state index in [4.69, 9.17) is 0 Å². The molecule has 0 aliphatic rings. The number of nitro benzene ring substituents is 1. The van der Waals surface area contributed by atoms with Gasteiger partial charge in [0, 0.05) is 37.8 Å². The van der Waals surface area contributed by atoms with Gasteiger partial charge < -0.3 is 10.6 Å². The first kappa shape index (κ1) is 17.6. The Morgan fingerprint density at radius 1 is 1.17 bits per heavy atom. The van der Waals surface area contributed by atoms with Crippen LogP contribution in [0.5, 0.6) is 0 Å². The van der Waals surface area contributed by atoms with E-state index in [0.717, 1.165) is 12.3 Å². The van der Waals surface area contributed by atoms with Gasteiger partial charge >= 0.3 is 0 Å². The van der Waals surface area contributed by atoms with Gasteiger partial charge in [-0.2, -0.15) is 0 Å². The van der Waals surface area contributed by atoms with E-state index in [1.807, 2.05) is 0 Å². The predicted octanol–water partition coefficient (Wildman–Crippen LogP) is 1.70. The van der Waals surface area contributed by atoms with Crippen LogP contribution in [0.4, 0.5) is 17.3 Å². The number of sulfone groups is 1. The molecule has 1 aromatic heterocycles. The average Bonchev–Trinajstić information content (AvgIpc) is 2.54. The third-order valence-corrected chi connectivity index (χ3v) is 4.22. The number of aromatic nitrogens is 2. The second-order valence-corrected chi connectivity index (χ2v) is 7.00. The highest BCUT2D eigenvalue weighted by atomic mass is 32.2. The number of nitrogens with zero attached hydrogens (tertiary/aromatic N) is 3. The van der Waals surface area contributed by atoms with Crippen molar-refractivity contribution in [1.82, 2.24) is 9.97 Å². The van der Waals surface area contributed by atoms with Gasteiger partial charge in [0.2, 0.25) is 5.95 Å². The van der Waals surface area contributed by atoms with Crippen LogP contribution in [0.1, 0.15) is 6.42 Å². The fraction of sp³-hybridized carbons (Fsp3) is 0.286. The van der Waals surface area contributed by atoms with Crippen molar-refractivity contribution in [3.05, 3.63) is 46.8 Å². The Morgan fingerprint density at radius 2 is 1.83 bits per heavy atom. The first-order valence-electron chi connectivity index (χ1n) is 7.11. The third-order valence-electron chi connectivity index (χ3n) is 3.11. The van der Waals surface area contributed by atoms with Crippen LogP contribution >= 0.6 is 0 Å². The second kappa shape index (κ2) is 7.68. The Bertz CT molecular complexity index is 811. The molecular weight excluding hydrogens is 334 g/mol. The highest BCUT2D eigenvalue weighted by molar-refractivity contribution is 7.90. The first-order valence-corrected chi connectivity index (χ1v) is 9.00. The van der Waals surface area contributed by atoms with Gasteiger partial charge in [-0.25, -0.2) is 18.4 Å². The fourth-order valence-corrected chi connectivity index (χ4v) is 2.59. The van der Waals surface area contributed by atoms with Gasteiger partial charge in [0.1, 0.15) is 5.69 Å². The number of benzene rings is 1. The van der Waals surface area contributed by atoms with Crippen LogP contribution in [-0.2, 0) is 9.84 Å². The molecule has 0 aliphatic heterocycles. The van der Waals surface area contributed by atoms with Crippen LogP contribution in [0, 0.1) is 10.1 Å². The van der Waals surface area contributed by atoms with Crippen molar-refractivity contribution >= 4 is 27.2 Å². The predicted molar refractivity (Wildman–Crippen MR) is 89.8 cm³/mol. The summed E-state index contributed by atoms with van der Waals surface area (Å²) in [6, 6.07) is 5.53. The van der Waals surface area contributed by atoms with Crippen LogP contribution < -0.4 is 10.6 Å². The summed E-state index contributed by atoms with van der Waals surface area (Å²) in [6.45, 7) is 1.06. The highest BCUT2D eigenvalue weighted by Gasteiger charge is 2.18. The van der Waals surface area contributed by atoms with Crippen molar-refractivity contribution < 1.29 is 13.3 Å². The fourth-order valence-electron chi connectivity index (χ4n) is 1.94. The van der Waals surface area contributed by atoms with E-state index in [2.05, 4.69) is 20.6 Å². The van der Waals surface area contributed by atoms with Crippen LogP contribution in [0.15, 0.2) is 41.6 Å². The molecule has 0 atom stereocenters. The molecule has 0 unspecified atom stereocenters. The highest BCUT2D eigenvalue weighted by Crippen LogP contribution is 2.27. The minimum atomic E-state index is -3.49. The molecule has 0 saturated heterocycles. The number of nitrogens with one attached hydrogen (secondary N) is 2. The molecule has 2 aromatic rings. The molecule has 2 rings (SSSR count). The van der Waals surface area contributed by atoms with Gasteiger partial charge in [0.05, 0.1) is 9.82 Å². The quantitative estimate of drug-likeness (QED) is 0.418. The largest absolute Gasteiger partial charge is 0.379 e. The molecule has 24 heavy (non-hydrogen) atoms. The maximum Gasteiger partial charge on any atom is 0.293 e. The Balaban J connectivity index is 1.93. The summed E-state index contributed by atoms with van der Waals surface area (Å²) in [6.07, 6.45) is 4.93. The maximum absolute atomic E-state index is 11.5. The minimum Gasteiger partial charge on any atom is -0.379 e. The lowest BCUT2D eigenvalue weighted by atomic mass is 10.2. The topological polar surface area (TPSA) is 127 Å². The molecule has 9 nitrogen and oxygen atoms in total. The third kappa shape index (κ3) is 4.88. The maximum atomic E-state index is 11.5. The number of nitro groups is 1. The van der Waals surface area contributed by atoms with E-state index in [1.54, 1.807) is 18.5 Å². The first-order chi connectivity index (χ1) is 11.4. The molecule has 0 spiro atoms. The molecule has 0 bridgehead atoms. The summed E-state index contributed by atoms with van der Waals surface area (Å²) < 4.78 is 23.0. The number of hydrogen-bond acceptors (Lipinski definition) is 8. The molecule has 2 N–H and O–H groups in total. The normalized spacial score (nSPS) is 11.0. The van der Waals surface area contributed by atoms with Crippen molar-refractivity contribution in [1.29, 1.82) is 0 Å². The Morgan fingerprint density at radius 3 is 2.46 bits per heavy atom. The van der Waals surface area contributed by atoms with Crippen molar-refractivity contribution in [2.45, 2.75) is 11.3 Å². The van der Waals surface area contributed by atoms with Crippen LogP contribution in [0.25, 0.3) is 0 Å². The van der Waals surface area contributed by atoms with Gasteiger partial charge in [-0.15, -0.1) is 0 Å². The van der Waals surface area contributed by atoms with Gasteiger partial charge in [0.25, 0.3) is 5.69 Å². The molecule has 0 saturated carbocycles. The number of anilines is 2. The number of rotatable bonds is 8. The monoisotopic (exact) mass is 351 g/mol. The lowest BCUT2D eigenvalue weighted by Gasteiger charge is -2.09. The zero-order chi connectivity index (χ0) is 17.6. The standard InChI is InChI=1S/C14H17N5O4S/c1-24(22,23)11-4-5-12(13(10-11)19(20)21)15-6-2-7-16-14-17-8-3-9-18-14/h3-5,8-10,15H,2,6-7H2,1H3,(H,16,17,18). The summed E-state index contributed by atoms with van der Waals surface area (Å²) in [5, 5.41) is 17.1. The van der Waals surface area contributed by atoms with Crippen LogP contribution in [0.2, 0.25) is 0 Å². The van der Waals surface area contributed by atoms with Crippen molar-refractivity contribution in [3.8, 4) is 0 Å². The summed E-state index contributed by atoms with van der Waals surface area (Å²) in [5.74, 6) is 0.515. The van der Waals surface area contributed by atoms with Crippen molar-refractivity contribution in [2.24, 2.45) is 0 Å². The Labute approximate surface area is 139 Å². The summed E-state index contributed by atoms with van der Waals surface area (Å²) in [4.78, 5) is 18.5. The summed E-state index contributed by atoms with van der Waals surface area (Å²) in [7, 11) is -3.49. The smallest absolute Gasteiger partial charge is 0.293 e. The van der Waals surface area contributed by atoms with Crippen molar-refractivity contribution in [3.63, 3.8) is 0 Å². The van der Waals surface area contributed by atoms with Crippen LogP contribution in [-0.4, -0.2) is 42.7 Å². The van der Waals surface area contributed by atoms with E-state index in [-0.39, 0.29) is 16.3 Å². The van der Waals surface area contributed by atoms with Gasteiger partial charge in [-0.1, -0.05) is 0 Å². The lowest BCUT2D eigenvalue weighted by molar-refractivity contribution is -0.384. The van der Waals surface area contributed by atoms with Gasteiger partial charge in [-0.3, -0.25) is 10.1 Å². The van der Waals surface area contributed by atoms with E-state index < -0.39 is 14.8 Å². The molecule has 0 radical (unpaired) electrons. The zero-order valence-electron chi connectivity index (χ0n) is 13.0. The second-order valence-electron chi connectivity index (χ2n) is 4.99. The zero-order valence-corrected chi connectivity index (χ0v) is 13.8. The van der Waals surface area contributed by atoms with Gasteiger partial charge in [0.15, 0.2) is 9.84 Å². The average molecular weight is 351 g/mol. The number of hydrogen-bond donors (Lipinski definition) is 2. The van der Waals surface area contributed by atoms with E-state index in [9.17, 15) is 18.5 Å². The van der Waals surface area contributed by atoms with Crippen LogP contribution in [0.3, 0.4) is 0 Å². The summed E-state index contributed by atoms with van der Waals surface area (Å²) >= 11 is 0. The molecule has 0 fully saturated rings. The molecule has 0 aliphatic carbocycles. The minimum absolute atomic E-state index is 0.0809. The Kier molecular flexibility index (Phi) is 5.64. The molecule has 1 heterocycles. The molecule has 1 aromatic carbocycles. The molecule has 0 amide bonds.